The molecule has 0 radical (unpaired) electrons. The maximum Gasteiger partial charge on any atom is 0.261 e. The van der Waals surface area contributed by atoms with Crippen molar-refractivity contribution < 1.29 is 4.74 Å². The van der Waals surface area contributed by atoms with Crippen molar-refractivity contribution in [2.75, 3.05) is 7.11 Å². The minimum atomic E-state index is -0.0163. The summed E-state index contributed by atoms with van der Waals surface area (Å²) in [6, 6.07) is 5.67. The van der Waals surface area contributed by atoms with E-state index >= 15 is 0 Å². The topological polar surface area (TPSA) is 44.1 Å². The molecule has 0 aliphatic heterocycles. The number of nitrogens with zero attached hydrogens (tertiary/aromatic N) is 2. The number of rotatable bonds is 3. The van der Waals surface area contributed by atoms with Crippen molar-refractivity contribution in [1.29, 1.82) is 0 Å². The first-order chi connectivity index (χ1) is 8.11. The Bertz CT molecular complexity index is 595. The van der Waals surface area contributed by atoms with Crippen LogP contribution >= 0.6 is 22.6 Å². The standard InChI is InChI=1S/C12H13IN2O2/c1-8(17-2)6-15-7-14-11-4-3-9(13)5-10(11)12(15)16/h3-5,7-8H,6H2,1-2H3. The van der Waals surface area contributed by atoms with Gasteiger partial charge in [-0.1, -0.05) is 0 Å². The van der Waals surface area contributed by atoms with E-state index < -0.39 is 0 Å². The second kappa shape index (κ2) is 5.14. The fourth-order valence-electron chi connectivity index (χ4n) is 1.61. The van der Waals surface area contributed by atoms with Gasteiger partial charge in [0.25, 0.3) is 5.56 Å². The highest BCUT2D eigenvalue weighted by Gasteiger charge is 2.07. The molecule has 2 aromatic rings. The van der Waals surface area contributed by atoms with E-state index in [0.29, 0.717) is 11.9 Å². The van der Waals surface area contributed by atoms with Crippen LogP contribution in [0.2, 0.25) is 0 Å². The van der Waals surface area contributed by atoms with Crippen molar-refractivity contribution in [2.24, 2.45) is 0 Å². The van der Waals surface area contributed by atoms with Gasteiger partial charge in [0.1, 0.15) is 0 Å². The van der Waals surface area contributed by atoms with Crippen LogP contribution in [0.1, 0.15) is 6.92 Å². The molecule has 5 heteroatoms. The Balaban J connectivity index is 2.53. The van der Waals surface area contributed by atoms with Crippen LogP contribution in [0.3, 0.4) is 0 Å². The lowest BCUT2D eigenvalue weighted by molar-refractivity contribution is 0.102. The molecule has 0 spiro atoms. The van der Waals surface area contributed by atoms with Gasteiger partial charge in [-0.3, -0.25) is 9.36 Å². The molecule has 0 bridgehead atoms. The van der Waals surface area contributed by atoms with Gasteiger partial charge in [0.2, 0.25) is 0 Å². The van der Waals surface area contributed by atoms with E-state index in [9.17, 15) is 4.79 Å². The van der Waals surface area contributed by atoms with Crippen molar-refractivity contribution in [3.05, 3.63) is 38.5 Å². The Morgan fingerprint density at radius 3 is 3.00 bits per heavy atom. The zero-order valence-corrected chi connectivity index (χ0v) is 11.8. The van der Waals surface area contributed by atoms with E-state index in [0.717, 1.165) is 9.09 Å². The Kier molecular flexibility index (Phi) is 3.78. The van der Waals surface area contributed by atoms with Crippen molar-refractivity contribution in [3.8, 4) is 0 Å². The number of ether oxygens (including phenoxy) is 1. The van der Waals surface area contributed by atoms with Crippen LogP contribution in [0.25, 0.3) is 10.9 Å². The smallest absolute Gasteiger partial charge is 0.261 e. The minimum absolute atomic E-state index is 0.00488. The summed E-state index contributed by atoms with van der Waals surface area (Å²) in [6.07, 6.45) is 1.57. The van der Waals surface area contributed by atoms with Gasteiger partial charge in [-0.05, 0) is 47.7 Å². The van der Waals surface area contributed by atoms with Gasteiger partial charge in [-0.2, -0.15) is 0 Å². The molecule has 1 aromatic heterocycles. The van der Waals surface area contributed by atoms with Crippen molar-refractivity contribution in [2.45, 2.75) is 19.6 Å². The average molecular weight is 344 g/mol. The predicted molar refractivity (Wildman–Crippen MR) is 75.2 cm³/mol. The first-order valence-electron chi connectivity index (χ1n) is 5.29. The van der Waals surface area contributed by atoms with E-state index in [1.165, 1.54) is 0 Å². The molecule has 90 valence electrons. The predicted octanol–water partition coefficient (Wildman–Crippen LogP) is 2.04. The van der Waals surface area contributed by atoms with Crippen molar-refractivity contribution >= 4 is 33.5 Å². The van der Waals surface area contributed by atoms with Gasteiger partial charge in [0.05, 0.1) is 29.9 Å². The zero-order valence-electron chi connectivity index (χ0n) is 9.68. The molecule has 1 unspecified atom stereocenters. The third-order valence-corrected chi connectivity index (χ3v) is 3.31. The number of hydrogen-bond acceptors (Lipinski definition) is 3. The molecule has 0 aliphatic rings. The van der Waals surface area contributed by atoms with Gasteiger partial charge in [0.15, 0.2) is 0 Å². The van der Waals surface area contributed by atoms with Crippen LogP contribution < -0.4 is 5.56 Å². The van der Waals surface area contributed by atoms with Gasteiger partial charge in [-0.15, -0.1) is 0 Å². The van der Waals surface area contributed by atoms with E-state index in [2.05, 4.69) is 27.6 Å². The molecule has 1 aromatic carbocycles. The number of aromatic nitrogens is 2. The van der Waals surface area contributed by atoms with Gasteiger partial charge < -0.3 is 4.74 Å². The molecule has 17 heavy (non-hydrogen) atoms. The summed E-state index contributed by atoms with van der Waals surface area (Å²) in [5.41, 5.74) is 0.717. The van der Waals surface area contributed by atoms with Gasteiger partial charge in [-0.25, -0.2) is 4.98 Å². The minimum Gasteiger partial charge on any atom is -0.380 e. The number of halogens is 1. The lowest BCUT2D eigenvalue weighted by Crippen LogP contribution is -2.26. The lowest BCUT2D eigenvalue weighted by Gasteiger charge is -2.11. The first kappa shape index (κ1) is 12.5. The van der Waals surface area contributed by atoms with Crippen LogP contribution in [0.15, 0.2) is 29.3 Å². The third-order valence-electron chi connectivity index (χ3n) is 2.64. The molecular weight excluding hydrogens is 331 g/mol. The fraction of sp³-hybridized carbons (Fsp3) is 0.333. The molecule has 0 amide bonds. The van der Waals surface area contributed by atoms with Crippen LogP contribution in [-0.4, -0.2) is 22.8 Å². The fourth-order valence-corrected chi connectivity index (χ4v) is 2.10. The van der Waals surface area contributed by atoms with Crippen LogP contribution in [0.4, 0.5) is 0 Å². The maximum atomic E-state index is 12.2. The van der Waals surface area contributed by atoms with Crippen molar-refractivity contribution in [1.82, 2.24) is 9.55 Å². The summed E-state index contributed by atoms with van der Waals surface area (Å²) in [5.74, 6) is 0. The van der Waals surface area contributed by atoms with E-state index in [-0.39, 0.29) is 11.7 Å². The lowest BCUT2D eigenvalue weighted by atomic mass is 10.2. The van der Waals surface area contributed by atoms with Gasteiger partial charge in [0, 0.05) is 10.7 Å². The molecule has 1 heterocycles. The number of benzene rings is 1. The highest BCUT2D eigenvalue weighted by Crippen LogP contribution is 2.11. The molecule has 0 saturated carbocycles. The summed E-state index contributed by atoms with van der Waals surface area (Å²) < 4.78 is 7.78. The van der Waals surface area contributed by atoms with Gasteiger partial charge >= 0.3 is 0 Å². The Morgan fingerprint density at radius 1 is 1.53 bits per heavy atom. The Hall–Kier alpha value is -0.950. The van der Waals surface area contributed by atoms with Crippen LogP contribution in [-0.2, 0) is 11.3 Å². The van der Waals surface area contributed by atoms with E-state index in [1.807, 2.05) is 25.1 Å². The Labute approximate surface area is 113 Å². The largest absolute Gasteiger partial charge is 0.380 e. The molecule has 4 nitrogen and oxygen atoms in total. The Morgan fingerprint density at radius 2 is 2.29 bits per heavy atom. The highest BCUT2D eigenvalue weighted by molar-refractivity contribution is 14.1. The first-order valence-corrected chi connectivity index (χ1v) is 6.37. The highest BCUT2D eigenvalue weighted by atomic mass is 127. The molecule has 0 aliphatic carbocycles. The quantitative estimate of drug-likeness (QED) is 0.801. The van der Waals surface area contributed by atoms with Crippen molar-refractivity contribution in [3.63, 3.8) is 0 Å². The van der Waals surface area contributed by atoms with Crippen LogP contribution in [0.5, 0.6) is 0 Å². The van der Waals surface area contributed by atoms with E-state index in [1.54, 1.807) is 18.0 Å². The van der Waals surface area contributed by atoms with E-state index in [4.69, 9.17) is 4.74 Å². The number of methoxy groups -OCH3 is 1. The molecule has 0 fully saturated rings. The summed E-state index contributed by atoms with van der Waals surface area (Å²) in [4.78, 5) is 16.5. The molecule has 0 N–H and O–H groups in total. The zero-order chi connectivity index (χ0) is 12.4. The summed E-state index contributed by atoms with van der Waals surface area (Å²) >= 11 is 2.19. The normalized spacial score (nSPS) is 12.9. The number of fused-ring (bicyclic) bond motifs is 1. The SMILES string of the molecule is COC(C)Cn1cnc2ccc(I)cc2c1=O. The molecule has 1 atom stereocenters. The molecule has 0 saturated heterocycles. The monoisotopic (exact) mass is 344 g/mol. The average Bonchev–Trinajstić information content (AvgIpc) is 2.33. The molecular formula is C12H13IN2O2. The summed E-state index contributed by atoms with van der Waals surface area (Å²) in [6.45, 7) is 2.44. The summed E-state index contributed by atoms with van der Waals surface area (Å²) in [7, 11) is 1.63. The number of hydrogen-bond donors (Lipinski definition) is 0. The van der Waals surface area contributed by atoms with Crippen LogP contribution in [0, 0.1) is 3.57 Å². The summed E-state index contributed by atoms with van der Waals surface area (Å²) in [5, 5.41) is 0.655. The molecule has 2 rings (SSSR count). The second-order valence-corrected chi connectivity index (χ2v) is 5.16. The maximum absolute atomic E-state index is 12.2. The third kappa shape index (κ3) is 2.66. The second-order valence-electron chi connectivity index (χ2n) is 3.91.